The number of anilines is 1. The van der Waals surface area contributed by atoms with Crippen molar-refractivity contribution < 1.29 is 21.7 Å². The number of nitrogens with two attached hydrogens (primary N) is 1. The number of hydrogen-bond donors (Lipinski definition) is 2. The minimum absolute atomic E-state index is 0.0739. The summed E-state index contributed by atoms with van der Waals surface area (Å²) in [7, 11) is -2.49. The van der Waals surface area contributed by atoms with Crippen LogP contribution in [0, 0.1) is 11.7 Å². The van der Waals surface area contributed by atoms with E-state index in [4.69, 9.17) is 14.1 Å². The van der Waals surface area contributed by atoms with E-state index in [1.807, 2.05) is 6.07 Å². The van der Waals surface area contributed by atoms with Crippen LogP contribution in [-0.2, 0) is 14.5 Å². The van der Waals surface area contributed by atoms with Gasteiger partial charge in [0.1, 0.15) is 17.4 Å². The first-order valence-electron chi connectivity index (χ1n) is 9.90. The number of benzene rings is 1. The summed E-state index contributed by atoms with van der Waals surface area (Å²) in [4.78, 5) is 4.36. The maximum Gasteiger partial charge on any atom is 0.333 e. The summed E-state index contributed by atoms with van der Waals surface area (Å²) in [6.45, 7) is 1.72. The van der Waals surface area contributed by atoms with Crippen molar-refractivity contribution in [2.75, 3.05) is 12.4 Å². The Hall–Kier alpha value is -2.76. The molecule has 0 bridgehead atoms. The zero-order valence-electron chi connectivity index (χ0n) is 17.2. The van der Waals surface area contributed by atoms with Gasteiger partial charge in [-0.15, -0.1) is 0 Å². The molecule has 1 aromatic carbocycles. The van der Waals surface area contributed by atoms with Crippen molar-refractivity contribution in [1.29, 1.82) is 0 Å². The Morgan fingerprint density at radius 2 is 2.10 bits per heavy atom. The van der Waals surface area contributed by atoms with Gasteiger partial charge in [0.15, 0.2) is 5.65 Å². The zero-order chi connectivity index (χ0) is 22.2. The van der Waals surface area contributed by atoms with Crippen molar-refractivity contribution in [3.05, 3.63) is 42.3 Å². The van der Waals surface area contributed by atoms with Gasteiger partial charge in [-0.05, 0) is 50.3 Å². The molecule has 0 saturated heterocycles. The molecule has 4 rings (SSSR count). The average Bonchev–Trinajstić information content (AvgIpc) is 3.34. The fraction of sp³-hybridized carbons (Fsp3) is 0.400. The van der Waals surface area contributed by atoms with Gasteiger partial charge in [0.05, 0.1) is 18.9 Å². The smallest absolute Gasteiger partial charge is 0.333 e. The van der Waals surface area contributed by atoms with E-state index in [9.17, 15) is 12.8 Å². The molecule has 0 radical (unpaired) electrons. The molecule has 1 fully saturated rings. The third-order valence-electron chi connectivity index (χ3n) is 5.57. The van der Waals surface area contributed by atoms with Crippen LogP contribution in [0.25, 0.3) is 16.9 Å². The monoisotopic (exact) mass is 449 g/mol. The molecule has 1 aliphatic rings. The minimum Gasteiger partial charge on any atom is -0.496 e. The first kappa shape index (κ1) is 21.5. The fourth-order valence-electron chi connectivity index (χ4n) is 4.09. The highest BCUT2D eigenvalue weighted by molar-refractivity contribution is 7.84. The molecule has 31 heavy (non-hydrogen) atoms. The Kier molecular flexibility index (Phi) is 5.82. The third kappa shape index (κ3) is 4.78. The van der Waals surface area contributed by atoms with Gasteiger partial charge in [-0.1, -0.05) is 0 Å². The second-order valence-electron chi connectivity index (χ2n) is 7.68. The van der Waals surface area contributed by atoms with Crippen molar-refractivity contribution in [2.24, 2.45) is 11.1 Å². The molecule has 9 nitrogen and oxygen atoms in total. The summed E-state index contributed by atoms with van der Waals surface area (Å²) in [5.74, 6) is 0.828. The maximum absolute atomic E-state index is 13.5. The van der Waals surface area contributed by atoms with E-state index in [1.165, 1.54) is 19.2 Å². The van der Waals surface area contributed by atoms with E-state index in [1.54, 1.807) is 29.8 Å². The second-order valence-corrected chi connectivity index (χ2v) is 8.86. The van der Waals surface area contributed by atoms with E-state index >= 15 is 0 Å². The lowest BCUT2D eigenvalue weighted by atomic mass is 10.0. The van der Waals surface area contributed by atoms with Crippen LogP contribution in [0.4, 0.5) is 10.2 Å². The van der Waals surface area contributed by atoms with E-state index in [-0.39, 0.29) is 17.8 Å². The highest BCUT2D eigenvalue weighted by Crippen LogP contribution is 2.33. The maximum atomic E-state index is 13.5. The molecule has 2 heterocycles. The molecular formula is C20H24FN5O4S. The Morgan fingerprint density at radius 3 is 2.84 bits per heavy atom. The predicted octanol–water partition coefficient (Wildman–Crippen LogP) is 2.73. The number of rotatable bonds is 7. The van der Waals surface area contributed by atoms with Gasteiger partial charge in [0.2, 0.25) is 0 Å². The SMILES string of the molecule is COc1cc(F)ccc1-c1cc2nccc(NC3CCC(C(C)OS(N)(=O)=O)C3)n2n1. The number of halogens is 1. The van der Waals surface area contributed by atoms with Crippen LogP contribution in [0.1, 0.15) is 26.2 Å². The van der Waals surface area contributed by atoms with Gasteiger partial charge in [0.25, 0.3) is 0 Å². The summed E-state index contributed by atoms with van der Waals surface area (Å²) < 4.78 is 47.8. The summed E-state index contributed by atoms with van der Waals surface area (Å²) in [5.41, 5.74) is 1.90. The Bertz CT molecular complexity index is 1200. The lowest BCUT2D eigenvalue weighted by Gasteiger charge is -2.19. The van der Waals surface area contributed by atoms with E-state index in [0.29, 0.717) is 22.7 Å². The van der Waals surface area contributed by atoms with Gasteiger partial charge >= 0.3 is 10.3 Å². The Labute approximate surface area is 179 Å². The van der Waals surface area contributed by atoms with E-state index in [2.05, 4.69) is 15.4 Å². The van der Waals surface area contributed by atoms with Crippen LogP contribution in [0.5, 0.6) is 5.75 Å². The van der Waals surface area contributed by atoms with Crippen LogP contribution in [0.3, 0.4) is 0 Å². The molecule has 3 atom stereocenters. The number of methoxy groups -OCH3 is 1. The number of hydrogen-bond acceptors (Lipinski definition) is 7. The summed E-state index contributed by atoms with van der Waals surface area (Å²) in [6.07, 6.45) is 3.61. The Morgan fingerprint density at radius 1 is 1.29 bits per heavy atom. The second kappa shape index (κ2) is 8.40. The zero-order valence-corrected chi connectivity index (χ0v) is 18.0. The van der Waals surface area contributed by atoms with Gasteiger partial charge in [0, 0.05) is 29.9 Å². The normalized spacial score (nSPS) is 20.1. The van der Waals surface area contributed by atoms with E-state index < -0.39 is 16.4 Å². The van der Waals surface area contributed by atoms with Gasteiger partial charge < -0.3 is 10.1 Å². The molecule has 0 amide bonds. The molecule has 11 heteroatoms. The molecule has 1 saturated carbocycles. The number of nitrogens with one attached hydrogen (secondary N) is 1. The highest BCUT2D eigenvalue weighted by atomic mass is 32.2. The van der Waals surface area contributed by atoms with Crippen molar-refractivity contribution in [1.82, 2.24) is 14.6 Å². The van der Waals surface area contributed by atoms with Gasteiger partial charge in [-0.25, -0.2) is 14.5 Å². The molecule has 166 valence electrons. The van der Waals surface area contributed by atoms with E-state index in [0.717, 1.165) is 25.1 Å². The third-order valence-corrected chi connectivity index (χ3v) is 6.14. The summed E-state index contributed by atoms with van der Waals surface area (Å²) in [5, 5.41) is 13.1. The van der Waals surface area contributed by atoms with Crippen molar-refractivity contribution in [3.8, 4) is 17.0 Å². The fourth-order valence-corrected chi connectivity index (χ4v) is 4.67. The molecule has 3 unspecified atom stereocenters. The van der Waals surface area contributed by atoms with Crippen LogP contribution in [0.15, 0.2) is 36.5 Å². The lowest BCUT2D eigenvalue weighted by molar-refractivity contribution is 0.161. The number of fused-ring (bicyclic) bond motifs is 1. The molecule has 2 aromatic heterocycles. The molecule has 1 aliphatic carbocycles. The van der Waals surface area contributed by atoms with Crippen molar-refractivity contribution in [3.63, 3.8) is 0 Å². The first-order valence-corrected chi connectivity index (χ1v) is 11.4. The minimum atomic E-state index is -3.97. The highest BCUT2D eigenvalue weighted by Gasteiger charge is 2.31. The summed E-state index contributed by atoms with van der Waals surface area (Å²) in [6, 6.07) is 8.05. The van der Waals surface area contributed by atoms with Gasteiger partial charge in [-0.3, -0.25) is 4.18 Å². The largest absolute Gasteiger partial charge is 0.496 e. The Balaban J connectivity index is 1.55. The molecular weight excluding hydrogens is 425 g/mol. The molecule has 0 spiro atoms. The standard InChI is InChI=1S/C20H24FN5O4S/c1-12(30-31(22,27)28)13-3-5-15(9-13)24-19-7-8-23-20-11-17(25-26(19)20)16-6-4-14(21)10-18(16)29-2/h4,6-8,10-13,15,24H,3,5,9H2,1-2H3,(H2,22,27,28). The number of ether oxygens (including phenoxy) is 1. The van der Waals surface area contributed by atoms with Crippen molar-refractivity contribution in [2.45, 2.75) is 38.3 Å². The number of nitrogens with zero attached hydrogens (tertiary/aromatic N) is 3. The predicted molar refractivity (Wildman–Crippen MR) is 113 cm³/mol. The summed E-state index contributed by atoms with van der Waals surface area (Å²) >= 11 is 0. The quantitative estimate of drug-likeness (QED) is 0.569. The van der Waals surface area contributed by atoms with Crippen LogP contribution in [-0.4, -0.2) is 42.3 Å². The average molecular weight is 450 g/mol. The van der Waals surface area contributed by atoms with Crippen LogP contribution < -0.4 is 15.2 Å². The number of aromatic nitrogens is 3. The van der Waals surface area contributed by atoms with Gasteiger partial charge in [-0.2, -0.15) is 18.0 Å². The van der Waals surface area contributed by atoms with Crippen LogP contribution in [0.2, 0.25) is 0 Å². The molecule has 3 aromatic rings. The first-order chi connectivity index (χ1) is 14.7. The van der Waals surface area contributed by atoms with Crippen molar-refractivity contribution >= 4 is 21.8 Å². The molecule has 0 aliphatic heterocycles. The topological polar surface area (TPSA) is 121 Å². The van der Waals surface area contributed by atoms with Crippen LogP contribution >= 0.6 is 0 Å². The molecule has 3 N–H and O–H groups in total. The lowest BCUT2D eigenvalue weighted by Crippen LogP contribution is -2.28.